The van der Waals surface area contributed by atoms with Crippen molar-refractivity contribution in [2.24, 2.45) is 0 Å². The number of hydrogen-bond acceptors (Lipinski definition) is 2. The van der Waals surface area contributed by atoms with Crippen LogP contribution >= 0.6 is 0 Å². The predicted molar refractivity (Wildman–Crippen MR) is 61.4 cm³/mol. The minimum absolute atomic E-state index is 0. The number of hydrogen-bond donors (Lipinski definition) is 2. The Hall–Kier alpha value is -0.580. The largest absolute Gasteiger partial charge is 1.00 e. The van der Waals surface area contributed by atoms with Gasteiger partial charge in [0.15, 0.2) is 0 Å². The highest BCUT2D eigenvalue weighted by atomic mass is 35.5. The maximum atomic E-state index is 11.1. The fraction of sp³-hybridized carbons (Fsp3) is 0.727. The Morgan fingerprint density at radius 3 is 2.38 bits per heavy atom. The molecule has 0 atom stereocenters. The molecule has 0 aliphatic rings. The van der Waals surface area contributed by atoms with Gasteiger partial charge in [-0.25, -0.2) is 0 Å². The third-order valence-corrected chi connectivity index (χ3v) is 2.32. The van der Waals surface area contributed by atoms with Gasteiger partial charge in [0.1, 0.15) is 6.54 Å². The van der Waals surface area contributed by atoms with E-state index in [2.05, 4.69) is 26.0 Å². The van der Waals surface area contributed by atoms with Crippen molar-refractivity contribution in [2.45, 2.75) is 13.3 Å². The van der Waals surface area contributed by atoms with Crippen molar-refractivity contribution in [3.8, 4) is 0 Å². The quantitative estimate of drug-likeness (QED) is 0.290. The summed E-state index contributed by atoms with van der Waals surface area (Å²) in [6.07, 6.45) is 0.909. The number of nitrogens with zero attached hydrogens (tertiary/aromatic N) is 1. The van der Waals surface area contributed by atoms with E-state index in [1.807, 2.05) is 0 Å². The number of likely N-dealkylation sites (N-methyl/N-ethyl adjacent to an activating group) is 1. The van der Waals surface area contributed by atoms with Gasteiger partial charge in [0.05, 0.1) is 27.2 Å². The van der Waals surface area contributed by atoms with Crippen LogP contribution in [0.25, 0.3) is 0 Å². The third kappa shape index (κ3) is 8.71. The van der Waals surface area contributed by atoms with Crippen LogP contribution in [0.1, 0.15) is 13.3 Å². The van der Waals surface area contributed by atoms with Gasteiger partial charge in [0.2, 0.25) is 5.91 Å². The molecule has 0 saturated heterocycles. The summed E-state index contributed by atoms with van der Waals surface area (Å²) in [7, 11) is 4.13. The first kappa shape index (κ1) is 17.8. The smallest absolute Gasteiger partial charge is 0.246 e. The Balaban J connectivity index is 0. The van der Waals surface area contributed by atoms with Gasteiger partial charge in [-0.1, -0.05) is 6.58 Å². The molecule has 0 radical (unpaired) electrons. The molecule has 0 aromatic heterocycles. The van der Waals surface area contributed by atoms with Gasteiger partial charge >= 0.3 is 0 Å². The Bertz CT molecular complexity index is 230. The van der Waals surface area contributed by atoms with E-state index in [0.717, 1.165) is 24.0 Å². The number of carbonyl (C=O) groups is 1. The van der Waals surface area contributed by atoms with Crippen molar-refractivity contribution in [3.63, 3.8) is 0 Å². The van der Waals surface area contributed by atoms with Gasteiger partial charge in [0.25, 0.3) is 0 Å². The van der Waals surface area contributed by atoms with Gasteiger partial charge in [-0.2, -0.15) is 0 Å². The molecule has 0 aliphatic carbocycles. The molecule has 4 nitrogen and oxygen atoms in total. The van der Waals surface area contributed by atoms with Gasteiger partial charge in [-0.15, -0.1) is 0 Å². The van der Waals surface area contributed by atoms with Crippen LogP contribution in [0.15, 0.2) is 12.2 Å². The van der Waals surface area contributed by atoms with E-state index in [0.29, 0.717) is 12.1 Å². The molecular formula is C11H23ClN2O2. The SMILES string of the molecule is C=C(C)C(=O)NCCC[N+](C)(C)CCO.[Cl-]. The topological polar surface area (TPSA) is 49.3 Å². The van der Waals surface area contributed by atoms with E-state index in [9.17, 15) is 4.79 Å². The first-order valence-electron chi connectivity index (χ1n) is 5.25. The molecule has 0 rings (SSSR count). The lowest BCUT2D eigenvalue weighted by atomic mass is 10.3. The fourth-order valence-electron chi connectivity index (χ4n) is 1.24. The number of rotatable bonds is 7. The van der Waals surface area contributed by atoms with Crippen molar-refractivity contribution >= 4 is 5.91 Å². The van der Waals surface area contributed by atoms with E-state index in [1.165, 1.54) is 0 Å². The number of quaternary nitrogens is 1. The molecule has 0 unspecified atom stereocenters. The zero-order chi connectivity index (χ0) is 11.9. The molecule has 0 fully saturated rings. The second kappa shape index (κ2) is 8.56. The second-order valence-electron chi connectivity index (χ2n) is 4.50. The Labute approximate surface area is 104 Å². The first-order valence-corrected chi connectivity index (χ1v) is 5.25. The normalized spacial score (nSPS) is 10.5. The first-order chi connectivity index (χ1) is 6.89. The van der Waals surface area contributed by atoms with E-state index < -0.39 is 0 Å². The second-order valence-corrected chi connectivity index (χ2v) is 4.50. The fourth-order valence-corrected chi connectivity index (χ4v) is 1.24. The molecule has 0 heterocycles. The standard InChI is InChI=1S/C11H22N2O2.ClH/c1-10(2)11(15)12-6-5-7-13(3,4)8-9-14;/h14H,1,5-9H2,2-4H3;1H. The van der Waals surface area contributed by atoms with Crippen LogP contribution in [0.3, 0.4) is 0 Å². The van der Waals surface area contributed by atoms with Gasteiger partial charge in [-0.3, -0.25) is 4.79 Å². The average molecular weight is 251 g/mol. The number of aliphatic hydroxyl groups is 1. The van der Waals surface area contributed by atoms with Crippen LogP contribution in [0.5, 0.6) is 0 Å². The highest BCUT2D eigenvalue weighted by Gasteiger charge is 2.13. The molecule has 0 aromatic rings. The predicted octanol–water partition coefficient (Wildman–Crippen LogP) is -2.86. The van der Waals surface area contributed by atoms with Crippen molar-refractivity contribution in [1.29, 1.82) is 0 Å². The zero-order valence-corrected chi connectivity index (χ0v) is 11.2. The maximum Gasteiger partial charge on any atom is 0.246 e. The van der Waals surface area contributed by atoms with Crippen molar-refractivity contribution < 1.29 is 26.8 Å². The number of amides is 1. The summed E-state index contributed by atoms with van der Waals surface area (Å²) in [5, 5.41) is 11.6. The van der Waals surface area contributed by atoms with Gasteiger partial charge in [-0.05, 0) is 6.92 Å². The lowest BCUT2D eigenvalue weighted by Gasteiger charge is -2.28. The Morgan fingerprint density at radius 1 is 1.38 bits per heavy atom. The number of nitrogens with one attached hydrogen (secondary N) is 1. The van der Waals surface area contributed by atoms with Crippen LogP contribution in [0.4, 0.5) is 0 Å². The molecule has 0 spiro atoms. The third-order valence-electron chi connectivity index (χ3n) is 2.32. The lowest BCUT2D eigenvalue weighted by Crippen LogP contribution is -3.00. The van der Waals surface area contributed by atoms with E-state index in [1.54, 1.807) is 6.92 Å². The number of aliphatic hydroxyl groups excluding tert-OH is 1. The van der Waals surface area contributed by atoms with Crippen molar-refractivity contribution in [1.82, 2.24) is 5.32 Å². The van der Waals surface area contributed by atoms with Crippen LogP contribution in [-0.4, -0.2) is 55.8 Å². The molecule has 0 bridgehead atoms. The molecule has 0 aromatic carbocycles. The minimum Gasteiger partial charge on any atom is -1.00 e. The molecule has 2 N–H and O–H groups in total. The van der Waals surface area contributed by atoms with Crippen LogP contribution in [-0.2, 0) is 4.79 Å². The van der Waals surface area contributed by atoms with Gasteiger partial charge < -0.3 is 27.3 Å². The van der Waals surface area contributed by atoms with Crippen LogP contribution in [0, 0.1) is 0 Å². The summed E-state index contributed by atoms with van der Waals surface area (Å²) in [4.78, 5) is 11.1. The monoisotopic (exact) mass is 250 g/mol. The molecule has 0 aliphatic heterocycles. The molecule has 0 saturated carbocycles. The summed E-state index contributed by atoms with van der Waals surface area (Å²) < 4.78 is 0.777. The Kier molecular flexibility index (Phi) is 9.52. The van der Waals surface area contributed by atoms with E-state index in [4.69, 9.17) is 5.11 Å². The highest BCUT2D eigenvalue weighted by molar-refractivity contribution is 5.91. The molecular weight excluding hydrogens is 228 g/mol. The van der Waals surface area contributed by atoms with Gasteiger partial charge in [0, 0.05) is 18.5 Å². The average Bonchev–Trinajstić information content (AvgIpc) is 2.11. The van der Waals surface area contributed by atoms with E-state index >= 15 is 0 Å². The number of halogens is 1. The maximum absolute atomic E-state index is 11.1. The molecule has 1 amide bonds. The summed E-state index contributed by atoms with van der Waals surface area (Å²) >= 11 is 0. The molecule has 96 valence electrons. The van der Waals surface area contributed by atoms with E-state index in [-0.39, 0.29) is 24.9 Å². The summed E-state index contributed by atoms with van der Waals surface area (Å²) in [5.74, 6) is -0.0811. The minimum atomic E-state index is -0.0811. The van der Waals surface area contributed by atoms with Crippen molar-refractivity contribution in [2.75, 3.05) is 40.3 Å². The van der Waals surface area contributed by atoms with Crippen LogP contribution in [0.2, 0.25) is 0 Å². The van der Waals surface area contributed by atoms with Crippen molar-refractivity contribution in [3.05, 3.63) is 12.2 Å². The lowest BCUT2D eigenvalue weighted by molar-refractivity contribution is -0.890. The Morgan fingerprint density at radius 2 is 1.94 bits per heavy atom. The summed E-state index contributed by atoms with van der Waals surface area (Å²) in [6.45, 7) is 7.81. The highest BCUT2D eigenvalue weighted by Crippen LogP contribution is 1.97. The summed E-state index contributed by atoms with van der Waals surface area (Å²) in [5.41, 5.74) is 0.541. The van der Waals surface area contributed by atoms with Crippen LogP contribution < -0.4 is 17.7 Å². The zero-order valence-electron chi connectivity index (χ0n) is 10.4. The molecule has 16 heavy (non-hydrogen) atoms. The number of carbonyl (C=O) groups excluding carboxylic acids is 1. The molecule has 5 heteroatoms. The summed E-state index contributed by atoms with van der Waals surface area (Å²) in [6, 6.07) is 0.